The third-order valence-electron chi connectivity index (χ3n) is 1.54. The van der Waals surface area contributed by atoms with E-state index in [-0.39, 0.29) is 6.10 Å². The number of rotatable bonds is 7. The van der Waals surface area contributed by atoms with Gasteiger partial charge in [0.25, 0.3) is 0 Å². The lowest BCUT2D eigenvalue weighted by atomic mass is 10.1. The van der Waals surface area contributed by atoms with Crippen molar-refractivity contribution in [3.8, 4) is 0 Å². The number of hydrogen-bond donors (Lipinski definition) is 1. The van der Waals surface area contributed by atoms with Gasteiger partial charge in [-0.1, -0.05) is 0 Å². The minimum Gasteiger partial charge on any atom is -0.393 e. The zero-order valence-corrected chi connectivity index (χ0v) is 7.38. The maximum Gasteiger partial charge on any atom is 0.0563 e. The fourth-order valence-corrected chi connectivity index (χ4v) is 0.862. The highest BCUT2D eigenvalue weighted by Crippen LogP contribution is 2.01. The minimum atomic E-state index is -0.231. The zero-order chi connectivity index (χ0) is 8.53. The number of aliphatic hydroxyl groups excluding tert-OH is 1. The summed E-state index contributed by atoms with van der Waals surface area (Å²) in [6.07, 6.45) is 2.21. The Labute approximate surface area is 68.3 Å². The average Bonchev–Trinajstić information content (AvgIpc) is 2.01. The van der Waals surface area contributed by atoms with Crippen LogP contribution in [0.4, 0.5) is 0 Å². The first-order chi connectivity index (χ1) is 5.31. The molecule has 11 heavy (non-hydrogen) atoms. The number of methoxy groups -OCH3 is 2. The number of aliphatic hydroxyl groups is 1. The van der Waals surface area contributed by atoms with Gasteiger partial charge < -0.3 is 14.6 Å². The second-order valence-corrected chi connectivity index (χ2v) is 2.57. The van der Waals surface area contributed by atoms with Crippen molar-refractivity contribution in [2.75, 3.05) is 27.4 Å². The second-order valence-electron chi connectivity index (χ2n) is 2.57. The molecule has 0 saturated carbocycles. The van der Waals surface area contributed by atoms with Crippen LogP contribution in [0.2, 0.25) is 0 Å². The van der Waals surface area contributed by atoms with Gasteiger partial charge in [-0.25, -0.2) is 0 Å². The molecule has 1 atom stereocenters. The quantitative estimate of drug-likeness (QED) is 0.563. The van der Waals surface area contributed by atoms with E-state index in [2.05, 4.69) is 0 Å². The predicted molar refractivity (Wildman–Crippen MR) is 43.6 cm³/mol. The molecular formula is C8H18O3. The van der Waals surface area contributed by atoms with E-state index in [0.717, 1.165) is 25.9 Å². The standard InChI is InChI=1S/C8H18O3/c1-10-6-3-4-8(9)5-7-11-2/h8-9H,3-7H2,1-2H3. The van der Waals surface area contributed by atoms with E-state index in [1.54, 1.807) is 14.2 Å². The first kappa shape index (κ1) is 10.9. The molecule has 0 amide bonds. The van der Waals surface area contributed by atoms with Gasteiger partial charge in [0.1, 0.15) is 0 Å². The van der Waals surface area contributed by atoms with Crippen molar-refractivity contribution >= 4 is 0 Å². The maximum atomic E-state index is 9.27. The molecule has 0 rings (SSSR count). The largest absolute Gasteiger partial charge is 0.393 e. The lowest BCUT2D eigenvalue weighted by Gasteiger charge is -2.08. The minimum absolute atomic E-state index is 0.231. The molecule has 0 fully saturated rings. The molecule has 0 saturated heterocycles. The fourth-order valence-electron chi connectivity index (χ4n) is 0.862. The van der Waals surface area contributed by atoms with E-state index >= 15 is 0 Å². The van der Waals surface area contributed by atoms with Crippen LogP contribution in [0.25, 0.3) is 0 Å². The molecule has 1 N–H and O–H groups in total. The monoisotopic (exact) mass is 162 g/mol. The van der Waals surface area contributed by atoms with Crippen molar-refractivity contribution in [2.24, 2.45) is 0 Å². The highest BCUT2D eigenvalue weighted by molar-refractivity contribution is 4.54. The first-order valence-electron chi connectivity index (χ1n) is 3.97. The van der Waals surface area contributed by atoms with Crippen LogP contribution >= 0.6 is 0 Å². The first-order valence-corrected chi connectivity index (χ1v) is 3.97. The van der Waals surface area contributed by atoms with Gasteiger partial charge in [0.05, 0.1) is 6.10 Å². The molecule has 0 aromatic carbocycles. The van der Waals surface area contributed by atoms with Crippen LogP contribution in [0, 0.1) is 0 Å². The summed E-state index contributed by atoms with van der Waals surface area (Å²) in [5, 5.41) is 9.27. The lowest BCUT2D eigenvalue weighted by molar-refractivity contribution is 0.0932. The van der Waals surface area contributed by atoms with Gasteiger partial charge in [0, 0.05) is 27.4 Å². The summed E-state index contributed by atoms with van der Waals surface area (Å²) < 4.78 is 9.68. The molecule has 0 aliphatic rings. The van der Waals surface area contributed by atoms with Gasteiger partial charge >= 0.3 is 0 Å². The lowest BCUT2D eigenvalue weighted by Crippen LogP contribution is -2.10. The molecule has 3 nitrogen and oxygen atoms in total. The van der Waals surface area contributed by atoms with Crippen molar-refractivity contribution in [1.82, 2.24) is 0 Å². The van der Waals surface area contributed by atoms with Crippen LogP contribution in [0.5, 0.6) is 0 Å². The molecule has 0 spiro atoms. The van der Waals surface area contributed by atoms with Crippen LogP contribution in [0.1, 0.15) is 19.3 Å². The third kappa shape index (κ3) is 7.78. The van der Waals surface area contributed by atoms with E-state index < -0.39 is 0 Å². The normalized spacial score (nSPS) is 13.4. The summed E-state index contributed by atoms with van der Waals surface area (Å²) in [5.74, 6) is 0. The molecule has 68 valence electrons. The van der Waals surface area contributed by atoms with Crippen LogP contribution < -0.4 is 0 Å². The van der Waals surface area contributed by atoms with E-state index in [0.29, 0.717) is 6.61 Å². The Balaban J connectivity index is 3.02. The molecule has 0 aliphatic carbocycles. The van der Waals surface area contributed by atoms with Crippen molar-refractivity contribution < 1.29 is 14.6 Å². The van der Waals surface area contributed by atoms with Gasteiger partial charge in [0.2, 0.25) is 0 Å². The van der Waals surface area contributed by atoms with Gasteiger partial charge in [-0.3, -0.25) is 0 Å². The average molecular weight is 162 g/mol. The summed E-state index contributed by atoms with van der Waals surface area (Å²) in [4.78, 5) is 0. The Hall–Kier alpha value is -0.120. The molecule has 1 unspecified atom stereocenters. The maximum absolute atomic E-state index is 9.27. The third-order valence-corrected chi connectivity index (χ3v) is 1.54. The van der Waals surface area contributed by atoms with Crippen LogP contribution in [0.15, 0.2) is 0 Å². The summed E-state index contributed by atoms with van der Waals surface area (Å²) in [6, 6.07) is 0. The molecule has 0 heterocycles. The second kappa shape index (κ2) is 7.98. The Bertz CT molecular complexity index is 75.7. The molecule has 0 bridgehead atoms. The highest BCUT2D eigenvalue weighted by Gasteiger charge is 2.01. The Kier molecular flexibility index (Phi) is 7.89. The van der Waals surface area contributed by atoms with Crippen LogP contribution in [-0.4, -0.2) is 38.6 Å². The van der Waals surface area contributed by atoms with Crippen molar-refractivity contribution in [1.29, 1.82) is 0 Å². The van der Waals surface area contributed by atoms with E-state index in [9.17, 15) is 5.11 Å². The molecule has 0 aromatic heterocycles. The van der Waals surface area contributed by atoms with E-state index in [1.165, 1.54) is 0 Å². The van der Waals surface area contributed by atoms with Crippen LogP contribution in [0.3, 0.4) is 0 Å². The van der Waals surface area contributed by atoms with E-state index in [4.69, 9.17) is 9.47 Å². The Morgan fingerprint density at radius 2 is 1.73 bits per heavy atom. The summed E-state index contributed by atoms with van der Waals surface area (Å²) in [5.41, 5.74) is 0. The Morgan fingerprint density at radius 3 is 2.27 bits per heavy atom. The number of ether oxygens (including phenoxy) is 2. The van der Waals surface area contributed by atoms with Crippen molar-refractivity contribution in [2.45, 2.75) is 25.4 Å². The zero-order valence-electron chi connectivity index (χ0n) is 7.38. The molecular weight excluding hydrogens is 144 g/mol. The highest BCUT2D eigenvalue weighted by atomic mass is 16.5. The fraction of sp³-hybridized carbons (Fsp3) is 1.00. The SMILES string of the molecule is COCCCC(O)CCOC. The number of hydrogen-bond acceptors (Lipinski definition) is 3. The molecule has 0 radical (unpaired) electrons. The Morgan fingerprint density at radius 1 is 1.09 bits per heavy atom. The van der Waals surface area contributed by atoms with Gasteiger partial charge in [-0.05, 0) is 19.3 Å². The molecule has 0 aliphatic heterocycles. The van der Waals surface area contributed by atoms with Crippen molar-refractivity contribution in [3.63, 3.8) is 0 Å². The molecule has 0 aromatic rings. The smallest absolute Gasteiger partial charge is 0.0563 e. The van der Waals surface area contributed by atoms with E-state index in [1.807, 2.05) is 0 Å². The summed E-state index contributed by atoms with van der Waals surface area (Å²) >= 11 is 0. The van der Waals surface area contributed by atoms with Crippen molar-refractivity contribution in [3.05, 3.63) is 0 Å². The summed E-state index contributed by atoms with van der Waals surface area (Å²) in [7, 11) is 3.31. The van der Waals surface area contributed by atoms with Gasteiger partial charge in [-0.15, -0.1) is 0 Å². The summed E-state index contributed by atoms with van der Waals surface area (Å²) in [6.45, 7) is 1.36. The van der Waals surface area contributed by atoms with Crippen LogP contribution in [-0.2, 0) is 9.47 Å². The van der Waals surface area contributed by atoms with Gasteiger partial charge in [-0.2, -0.15) is 0 Å². The predicted octanol–water partition coefficient (Wildman–Crippen LogP) is 0.810. The van der Waals surface area contributed by atoms with Gasteiger partial charge in [0.15, 0.2) is 0 Å². The molecule has 3 heteroatoms. The topological polar surface area (TPSA) is 38.7 Å².